The first kappa shape index (κ1) is 11.0. The molecule has 3 N–H and O–H groups in total. The molecule has 13 heavy (non-hydrogen) atoms. The summed E-state index contributed by atoms with van der Waals surface area (Å²) in [5, 5.41) is 21.0. The third-order valence-electron chi connectivity index (χ3n) is 2.82. The summed E-state index contributed by atoms with van der Waals surface area (Å²) in [5.74, 6) is 0. The van der Waals surface area contributed by atoms with Crippen molar-refractivity contribution in [3.05, 3.63) is 0 Å². The van der Waals surface area contributed by atoms with Gasteiger partial charge in [-0.15, -0.1) is 0 Å². The average molecular weight is 187 g/mol. The fourth-order valence-corrected chi connectivity index (χ4v) is 1.98. The van der Waals surface area contributed by atoms with Gasteiger partial charge >= 0.3 is 0 Å². The van der Waals surface area contributed by atoms with Gasteiger partial charge in [-0.3, -0.25) is 0 Å². The van der Waals surface area contributed by atoms with Crippen LogP contribution in [-0.2, 0) is 0 Å². The molecule has 1 saturated carbocycles. The highest BCUT2D eigenvalue weighted by atomic mass is 16.3. The lowest BCUT2D eigenvalue weighted by Crippen LogP contribution is -2.36. The first-order valence-electron chi connectivity index (χ1n) is 5.06. The van der Waals surface area contributed by atoms with Gasteiger partial charge in [-0.2, -0.15) is 0 Å². The number of hydrogen-bond acceptors (Lipinski definition) is 3. The highest BCUT2D eigenvalue weighted by Gasteiger charge is 2.30. The Balaban J connectivity index is 2.17. The van der Waals surface area contributed by atoms with Crippen molar-refractivity contribution in [3.63, 3.8) is 0 Å². The van der Waals surface area contributed by atoms with Gasteiger partial charge in [0.1, 0.15) is 0 Å². The van der Waals surface area contributed by atoms with E-state index >= 15 is 0 Å². The van der Waals surface area contributed by atoms with E-state index in [9.17, 15) is 0 Å². The van der Waals surface area contributed by atoms with E-state index in [2.05, 4.69) is 19.2 Å². The van der Waals surface area contributed by atoms with E-state index in [0.717, 1.165) is 0 Å². The van der Waals surface area contributed by atoms with Crippen molar-refractivity contribution in [2.75, 3.05) is 13.2 Å². The largest absolute Gasteiger partial charge is 0.394 e. The van der Waals surface area contributed by atoms with Crippen molar-refractivity contribution in [1.29, 1.82) is 0 Å². The van der Waals surface area contributed by atoms with Gasteiger partial charge in [0.15, 0.2) is 0 Å². The SMILES string of the molecule is CC1(C)CCC(NCC(O)CO)C1. The van der Waals surface area contributed by atoms with Crippen LogP contribution >= 0.6 is 0 Å². The summed E-state index contributed by atoms with van der Waals surface area (Å²) in [7, 11) is 0. The van der Waals surface area contributed by atoms with Crippen LogP contribution in [0.25, 0.3) is 0 Å². The van der Waals surface area contributed by atoms with Crippen LogP contribution in [0.5, 0.6) is 0 Å². The molecule has 0 aromatic rings. The van der Waals surface area contributed by atoms with E-state index in [1.165, 1.54) is 19.3 Å². The highest BCUT2D eigenvalue weighted by molar-refractivity contribution is 4.86. The molecule has 2 unspecified atom stereocenters. The first-order chi connectivity index (χ1) is 6.03. The van der Waals surface area contributed by atoms with E-state index < -0.39 is 6.10 Å². The van der Waals surface area contributed by atoms with Crippen molar-refractivity contribution in [2.45, 2.75) is 45.3 Å². The lowest BCUT2D eigenvalue weighted by molar-refractivity contribution is 0.0917. The van der Waals surface area contributed by atoms with Crippen molar-refractivity contribution in [1.82, 2.24) is 5.32 Å². The third kappa shape index (κ3) is 3.63. The third-order valence-corrected chi connectivity index (χ3v) is 2.82. The summed E-state index contributed by atoms with van der Waals surface area (Å²) in [4.78, 5) is 0. The molecule has 1 rings (SSSR count). The lowest BCUT2D eigenvalue weighted by Gasteiger charge is -2.18. The van der Waals surface area contributed by atoms with Crippen LogP contribution in [0.4, 0.5) is 0 Å². The van der Waals surface area contributed by atoms with Gasteiger partial charge in [0, 0.05) is 12.6 Å². The minimum absolute atomic E-state index is 0.150. The van der Waals surface area contributed by atoms with Crippen LogP contribution in [0, 0.1) is 5.41 Å². The number of rotatable bonds is 4. The maximum atomic E-state index is 9.14. The summed E-state index contributed by atoms with van der Waals surface area (Å²) in [6.07, 6.45) is 3.00. The number of hydrogen-bond donors (Lipinski definition) is 3. The summed E-state index contributed by atoms with van der Waals surface area (Å²) >= 11 is 0. The fourth-order valence-electron chi connectivity index (χ4n) is 1.98. The van der Waals surface area contributed by atoms with Gasteiger partial charge in [0.25, 0.3) is 0 Å². The summed E-state index contributed by atoms with van der Waals surface area (Å²) in [6.45, 7) is 4.91. The Hall–Kier alpha value is -0.120. The van der Waals surface area contributed by atoms with Crippen LogP contribution < -0.4 is 5.32 Å². The van der Waals surface area contributed by atoms with Crippen molar-refractivity contribution in [2.24, 2.45) is 5.41 Å². The van der Waals surface area contributed by atoms with Crippen LogP contribution in [0.1, 0.15) is 33.1 Å². The molecule has 0 spiro atoms. The molecule has 0 saturated heterocycles. The quantitative estimate of drug-likeness (QED) is 0.601. The van der Waals surface area contributed by atoms with E-state index in [1.807, 2.05) is 0 Å². The monoisotopic (exact) mass is 187 g/mol. The molecule has 0 heterocycles. The predicted octanol–water partition coefficient (Wildman–Crippen LogP) is 0.508. The van der Waals surface area contributed by atoms with Crippen LogP contribution in [0.2, 0.25) is 0 Å². The second kappa shape index (κ2) is 4.40. The molecule has 78 valence electrons. The fraction of sp³-hybridized carbons (Fsp3) is 1.00. The van der Waals surface area contributed by atoms with Gasteiger partial charge in [-0.1, -0.05) is 13.8 Å². The predicted molar refractivity (Wildman–Crippen MR) is 52.5 cm³/mol. The summed E-state index contributed by atoms with van der Waals surface area (Å²) in [6, 6.07) is 0.524. The zero-order chi connectivity index (χ0) is 9.90. The molecule has 3 heteroatoms. The molecule has 0 radical (unpaired) electrons. The number of aliphatic hydroxyl groups is 2. The van der Waals surface area contributed by atoms with Crippen molar-refractivity contribution < 1.29 is 10.2 Å². The zero-order valence-corrected chi connectivity index (χ0v) is 8.58. The molecular weight excluding hydrogens is 166 g/mol. The van der Waals surface area contributed by atoms with Gasteiger partial charge < -0.3 is 15.5 Å². The van der Waals surface area contributed by atoms with E-state index in [0.29, 0.717) is 18.0 Å². The molecule has 0 aromatic carbocycles. The molecule has 0 aliphatic heterocycles. The van der Waals surface area contributed by atoms with Gasteiger partial charge in [0.2, 0.25) is 0 Å². The number of nitrogens with one attached hydrogen (secondary N) is 1. The Morgan fingerprint density at radius 3 is 2.69 bits per heavy atom. The summed E-state index contributed by atoms with van der Waals surface area (Å²) < 4.78 is 0. The van der Waals surface area contributed by atoms with Crippen molar-refractivity contribution in [3.8, 4) is 0 Å². The van der Waals surface area contributed by atoms with Crippen molar-refractivity contribution >= 4 is 0 Å². The van der Waals surface area contributed by atoms with E-state index in [1.54, 1.807) is 0 Å². The van der Waals surface area contributed by atoms with Crippen LogP contribution in [0.15, 0.2) is 0 Å². The van der Waals surface area contributed by atoms with Crippen LogP contribution in [0.3, 0.4) is 0 Å². The molecule has 0 bridgehead atoms. The second-order valence-electron chi connectivity index (χ2n) is 4.85. The topological polar surface area (TPSA) is 52.5 Å². The molecule has 0 aromatic heterocycles. The normalized spacial score (nSPS) is 29.1. The van der Waals surface area contributed by atoms with Gasteiger partial charge in [0.05, 0.1) is 12.7 Å². The van der Waals surface area contributed by atoms with E-state index in [4.69, 9.17) is 10.2 Å². The Labute approximate surface area is 80.2 Å². The average Bonchev–Trinajstić information content (AvgIpc) is 2.41. The summed E-state index contributed by atoms with van der Waals surface area (Å²) in [5.41, 5.74) is 0.446. The first-order valence-corrected chi connectivity index (χ1v) is 5.06. The smallest absolute Gasteiger partial charge is 0.0895 e. The molecule has 1 fully saturated rings. The molecule has 0 amide bonds. The maximum absolute atomic E-state index is 9.14. The standard InChI is InChI=1S/C10H21NO2/c1-10(2)4-3-8(5-10)11-6-9(13)7-12/h8-9,11-13H,3-7H2,1-2H3. The molecule has 2 atom stereocenters. The minimum atomic E-state index is -0.608. The highest BCUT2D eigenvalue weighted by Crippen LogP contribution is 2.36. The number of aliphatic hydroxyl groups excluding tert-OH is 2. The molecule has 3 nitrogen and oxygen atoms in total. The molecule has 1 aliphatic rings. The Kier molecular flexibility index (Phi) is 3.71. The van der Waals surface area contributed by atoms with Gasteiger partial charge in [-0.25, -0.2) is 0 Å². The van der Waals surface area contributed by atoms with E-state index in [-0.39, 0.29) is 6.61 Å². The Bertz CT molecular complexity index is 159. The lowest BCUT2D eigenvalue weighted by atomic mass is 9.92. The molecular formula is C10H21NO2. The Morgan fingerprint density at radius 1 is 1.54 bits per heavy atom. The Morgan fingerprint density at radius 2 is 2.23 bits per heavy atom. The second-order valence-corrected chi connectivity index (χ2v) is 4.85. The van der Waals surface area contributed by atoms with Gasteiger partial charge in [-0.05, 0) is 24.7 Å². The minimum Gasteiger partial charge on any atom is -0.394 e. The zero-order valence-electron chi connectivity index (χ0n) is 8.58. The maximum Gasteiger partial charge on any atom is 0.0895 e. The molecule has 1 aliphatic carbocycles. The van der Waals surface area contributed by atoms with Crippen LogP contribution in [-0.4, -0.2) is 35.5 Å².